The van der Waals surface area contributed by atoms with Crippen molar-refractivity contribution in [1.82, 2.24) is 14.9 Å². The van der Waals surface area contributed by atoms with Crippen LogP contribution < -0.4 is 4.90 Å². The Balaban J connectivity index is 0.000000360. The third-order valence-corrected chi connectivity index (χ3v) is 5.88. The van der Waals surface area contributed by atoms with Gasteiger partial charge in [0.2, 0.25) is 5.95 Å². The largest absolute Gasteiger partial charge is 0.490 e. The average molecular weight is 450 g/mol. The number of hydrogen-bond acceptors (Lipinski definition) is 5. The SMILES string of the molecule is Cc1cccc(C(=O)N2CCC3(CCCN3c3ncccn3)CC2)c1.O=C(O)C(F)(F)F. The summed E-state index contributed by atoms with van der Waals surface area (Å²) in [5, 5.41) is 7.12. The first-order valence-corrected chi connectivity index (χ1v) is 10.3. The van der Waals surface area contributed by atoms with Crippen LogP contribution in [-0.2, 0) is 4.79 Å². The Bertz CT molecular complexity index is 945. The molecule has 0 radical (unpaired) electrons. The molecule has 10 heteroatoms. The van der Waals surface area contributed by atoms with Gasteiger partial charge in [-0.25, -0.2) is 14.8 Å². The predicted molar refractivity (Wildman–Crippen MR) is 111 cm³/mol. The lowest BCUT2D eigenvalue weighted by atomic mass is 9.85. The van der Waals surface area contributed by atoms with Crippen LogP contribution in [0.3, 0.4) is 0 Å². The molecule has 0 atom stereocenters. The number of halogens is 3. The molecule has 0 aliphatic carbocycles. The molecule has 1 aromatic heterocycles. The van der Waals surface area contributed by atoms with Crippen molar-refractivity contribution in [2.75, 3.05) is 24.5 Å². The fraction of sp³-hybridized carbons (Fsp3) is 0.455. The number of amides is 1. The molecule has 1 aromatic carbocycles. The highest BCUT2D eigenvalue weighted by Gasteiger charge is 2.45. The zero-order chi connectivity index (χ0) is 23.4. The summed E-state index contributed by atoms with van der Waals surface area (Å²) in [5.74, 6) is -1.77. The van der Waals surface area contributed by atoms with Gasteiger partial charge in [0, 0.05) is 43.1 Å². The van der Waals surface area contributed by atoms with Crippen molar-refractivity contribution in [3.8, 4) is 0 Å². The molecule has 0 unspecified atom stereocenters. The number of carbonyl (C=O) groups excluding carboxylic acids is 1. The lowest BCUT2D eigenvalue weighted by Gasteiger charge is -2.45. The fourth-order valence-corrected chi connectivity index (χ4v) is 4.29. The highest BCUT2D eigenvalue weighted by atomic mass is 19.4. The second-order valence-corrected chi connectivity index (χ2v) is 7.99. The molecule has 1 N–H and O–H groups in total. The number of hydrogen-bond donors (Lipinski definition) is 1. The average Bonchev–Trinajstić information content (AvgIpc) is 3.17. The molecule has 0 bridgehead atoms. The predicted octanol–water partition coefficient (Wildman–Crippen LogP) is 3.69. The van der Waals surface area contributed by atoms with Gasteiger partial charge >= 0.3 is 12.1 Å². The minimum atomic E-state index is -5.08. The van der Waals surface area contributed by atoms with Gasteiger partial charge < -0.3 is 14.9 Å². The molecular formula is C22H25F3N4O3. The zero-order valence-corrected chi connectivity index (χ0v) is 17.7. The van der Waals surface area contributed by atoms with Crippen LogP contribution in [0.25, 0.3) is 0 Å². The topological polar surface area (TPSA) is 86.6 Å². The van der Waals surface area contributed by atoms with Gasteiger partial charge in [0.15, 0.2) is 0 Å². The number of likely N-dealkylation sites (tertiary alicyclic amines) is 1. The van der Waals surface area contributed by atoms with Crippen molar-refractivity contribution in [2.45, 2.75) is 44.3 Å². The van der Waals surface area contributed by atoms with Crippen LogP contribution in [0.4, 0.5) is 19.1 Å². The van der Waals surface area contributed by atoms with Crippen molar-refractivity contribution in [2.24, 2.45) is 0 Å². The van der Waals surface area contributed by atoms with Gasteiger partial charge in [-0.05, 0) is 50.8 Å². The second-order valence-electron chi connectivity index (χ2n) is 7.99. The number of piperidine rings is 1. The number of carbonyl (C=O) groups is 2. The Morgan fingerprint density at radius 1 is 1.03 bits per heavy atom. The van der Waals surface area contributed by atoms with E-state index in [1.165, 1.54) is 6.42 Å². The minimum absolute atomic E-state index is 0.116. The van der Waals surface area contributed by atoms with Crippen LogP contribution in [0.15, 0.2) is 42.7 Å². The van der Waals surface area contributed by atoms with E-state index in [4.69, 9.17) is 9.90 Å². The zero-order valence-electron chi connectivity index (χ0n) is 17.7. The highest BCUT2D eigenvalue weighted by molar-refractivity contribution is 5.94. The summed E-state index contributed by atoms with van der Waals surface area (Å²) in [6, 6.07) is 9.73. The third kappa shape index (κ3) is 5.35. The van der Waals surface area contributed by atoms with Crippen LogP contribution in [0.5, 0.6) is 0 Å². The van der Waals surface area contributed by atoms with E-state index < -0.39 is 12.1 Å². The summed E-state index contributed by atoms with van der Waals surface area (Å²) in [6.07, 6.45) is 2.85. The number of benzene rings is 1. The van der Waals surface area contributed by atoms with E-state index >= 15 is 0 Å². The second kappa shape index (κ2) is 9.54. The van der Waals surface area contributed by atoms with E-state index in [2.05, 4.69) is 14.9 Å². The third-order valence-electron chi connectivity index (χ3n) is 5.88. The summed E-state index contributed by atoms with van der Waals surface area (Å²) in [6.45, 7) is 4.64. The minimum Gasteiger partial charge on any atom is -0.475 e. The quantitative estimate of drug-likeness (QED) is 0.751. The van der Waals surface area contributed by atoms with Gasteiger partial charge in [0.1, 0.15) is 0 Å². The molecule has 2 aliphatic rings. The van der Waals surface area contributed by atoms with Crippen molar-refractivity contribution >= 4 is 17.8 Å². The first-order valence-electron chi connectivity index (χ1n) is 10.3. The number of aliphatic carboxylic acids is 1. The maximum absolute atomic E-state index is 12.8. The summed E-state index contributed by atoms with van der Waals surface area (Å²) in [5.41, 5.74) is 2.04. The van der Waals surface area contributed by atoms with Crippen molar-refractivity contribution in [3.63, 3.8) is 0 Å². The lowest BCUT2D eigenvalue weighted by molar-refractivity contribution is -0.192. The number of carboxylic acid groups (broad SMARTS) is 1. The van der Waals surface area contributed by atoms with Crippen molar-refractivity contribution in [3.05, 3.63) is 53.9 Å². The first-order chi connectivity index (χ1) is 15.1. The van der Waals surface area contributed by atoms with E-state index in [9.17, 15) is 18.0 Å². The molecule has 2 fully saturated rings. The van der Waals surface area contributed by atoms with Crippen LogP contribution in [0.1, 0.15) is 41.6 Å². The first kappa shape index (κ1) is 23.5. The molecule has 3 heterocycles. The Morgan fingerprint density at radius 2 is 1.66 bits per heavy atom. The van der Waals surface area contributed by atoms with Crippen molar-refractivity contribution < 1.29 is 27.9 Å². The number of carboxylic acids is 1. The van der Waals surface area contributed by atoms with Gasteiger partial charge in [-0.3, -0.25) is 4.79 Å². The Morgan fingerprint density at radius 3 is 2.22 bits per heavy atom. The van der Waals surface area contributed by atoms with Crippen LogP contribution in [0, 0.1) is 6.92 Å². The fourth-order valence-electron chi connectivity index (χ4n) is 4.29. The molecule has 1 amide bonds. The molecule has 4 rings (SSSR count). The van der Waals surface area contributed by atoms with E-state index in [1.807, 2.05) is 54.5 Å². The van der Waals surface area contributed by atoms with Crippen LogP contribution >= 0.6 is 0 Å². The summed E-state index contributed by atoms with van der Waals surface area (Å²) >= 11 is 0. The highest BCUT2D eigenvalue weighted by Crippen LogP contribution is 2.40. The summed E-state index contributed by atoms with van der Waals surface area (Å²) in [4.78, 5) is 35.0. The molecule has 32 heavy (non-hydrogen) atoms. The number of anilines is 1. The number of nitrogens with zero attached hydrogens (tertiary/aromatic N) is 4. The number of rotatable bonds is 2. The summed E-state index contributed by atoms with van der Waals surface area (Å²) in [7, 11) is 0. The van der Waals surface area contributed by atoms with E-state index in [1.54, 1.807) is 0 Å². The molecule has 172 valence electrons. The van der Waals surface area contributed by atoms with E-state index in [0.717, 1.165) is 56.0 Å². The Kier molecular flexibility index (Phi) is 7.00. The van der Waals surface area contributed by atoms with Crippen LogP contribution in [0.2, 0.25) is 0 Å². The van der Waals surface area contributed by atoms with Crippen molar-refractivity contribution in [1.29, 1.82) is 0 Å². The monoisotopic (exact) mass is 450 g/mol. The Hall–Kier alpha value is -3.17. The van der Waals surface area contributed by atoms with Gasteiger partial charge in [-0.2, -0.15) is 13.2 Å². The number of alkyl halides is 3. The maximum atomic E-state index is 12.8. The molecular weight excluding hydrogens is 425 g/mol. The van der Waals surface area contributed by atoms with E-state index in [0.29, 0.717) is 0 Å². The molecule has 1 spiro atoms. The number of aromatic nitrogens is 2. The molecule has 2 saturated heterocycles. The Labute approximate surface area is 183 Å². The lowest BCUT2D eigenvalue weighted by Crippen LogP contribution is -2.53. The smallest absolute Gasteiger partial charge is 0.475 e. The normalized spacial score (nSPS) is 17.6. The van der Waals surface area contributed by atoms with Gasteiger partial charge in [0.05, 0.1) is 0 Å². The van der Waals surface area contributed by atoms with Gasteiger partial charge in [-0.15, -0.1) is 0 Å². The van der Waals surface area contributed by atoms with E-state index in [-0.39, 0.29) is 11.4 Å². The maximum Gasteiger partial charge on any atom is 0.490 e. The van der Waals surface area contributed by atoms with Gasteiger partial charge in [0.25, 0.3) is 5.91 Å². The summed E-state index contributed by atoms with van der Waals surface area (Å²) < 4.78 is 31.7. The van der Waals surface area contributed by atoms with Crippen LogP contribution in [-0.4, -0.2) is 63.2 Å². The standard InChI is InChI=1S/C20H24N4O.C2HF3O2/c1-16-5-2-6-17(15-16)18(25)23-13-8-20(9-14-23)7-3-12-24(20)19-21-10-4-11-22-19;3-2(4,5)1(6)7/h2,4-6,10-11,15H,3,7-9,12-14H2,1H3;(H,6,7). The van der Waals surface area contributed by atoms with Gasteiger partial charge in [-0.1, -0.05) is 17.7 Å². The number of aryl methyl sites for hydroxylation is 1. The molecule has 2 aromatic rings. The molecule has 0 saturated carbocycles. The molecule has 7 nitrogen and oxygen atoms in total. The molecule has 2 aliphatic heterocycles.